The third kappa shape index (κ3) is 5.21. The molecule has 2 saturated heterocycles. The summed E-state index contributed by atoms with van der Waals surface area (Å²) in [5.41, 5.74) is 1.54. The van der Waals surface area contributed by atoms with Crippen molar-refractivity contribution in [2.45, 2.75) is 32.1 Å². The normalized spacial score (nSPS) is 18.8. The highest BCUT2D eigenvalue weighted by Gasteiger charge is 2.18. The summed E-state index contributed by atoms with van der Waals surface area (Å²) in [6.07, 6.45) is 5.93. The van der Waals surface area contributed by atoms with E-state index in [4.69, 9.17) is 4.74 Å². The van der Waals surface area contributed by atoms with Crippen LogP contribution in [0.15, 0.2) is 24.3 Å². The minimum atomic E-state index is 0.0385. The Labute approximate surface area is 155 Å². The average molecular weight is 359 g/mol. The quantitative estimate of drug-likeness (QED) is 0.896. The molecule has 6 nitrogen and oxygen atoms in total. The van der Waals surface area contributed by atoms with Gasteiger partial charge in [0.1, 0.15) is 0 Å². The van der Waals surface area contributed by atoms with Crippen LogP contribution in [-0.4, -0.2) is 67.6 Å². The van der Waals surface area contributed by atoms with Crippen LogP contribution < -0.4 is 5.32 Å². The number of nitrogens with one attached hydrogen (secondary N) is 1. The van der Waals surface area contributed by atoms with Crippen LogP contribution in [0.1, 0.15) is 42.5 Å². The van der Waals surface area contributed by atoms with E-state index in [2.05, 4.69) is 5.32 Å². The van der Waals surface area contributed by atoms with E-state index in [1.807, 2.05) is 34.1 Å². The first-order chi connectivity index (χ1) is 12.7. The number of likely N-dealkylation sites (tertiary alicyclic amines) is 1. The number of hydrogen-bond acceptors (Lipinski definition) is 4. The van der Waals surface area contributed by atoms with Gasteiger partial charge in [0.15, 0.2) is 0 Å². The maximum absolute atomic E-state index is 12.4. The fourth-order valence-electron chi connectivity index (χ4n) is 3.47. The standard InChI is InChI=1S/C20H29N3O3/c24-19(22-10-4-2-1-3-5-11-22)16-21-18-8-6-17(7-9-18)20(25)23-12-14-26-15-13-23/h6-9,21H,1-5,10-16H2. The smallest absolute Gasteiger partial charge is 0.254 e. The summed E-state index contributed by atoms with van der Waals surface area (Å²) in [4.78, 5) is 28.6. The van der Waals surface area contributed by atoms with Crippen molar-refractivity contribution in [3.8, 4) is 0 Å². The average Bonchev–Trinajstić information content (AvgIpc) is 2.66. The van der Waals surface area contributed by atoms with Crippen LogP contribution in [0.3, 0.4) is 0 Å². The van der Waals surface area contributed by atoms with Crippen molar-refractivity contribution in [2.75, 3.05) is 51.3 Å². The molecule has 2 amide bonds. The molecule has 3 rings (SSSR count). The molecule has 1 N–H and O–H groups in total. The number of carbonyl (C=O) groups is 2. The van der Waals surface area contributed by atoms with Gasteiger partial charge in [-0.05, 0) is 37.1 Å². The number of ether oxygens (including phenoxy) is 1. The molecule has 2 heterocycles. The first kappa shape index (κ1) is 18.7. The molecule has 0 bridgehead atoms. The van der Waals surface area contributed by atoms with Gasteiger partial charge in [-0.2, -0.15) is 0 Å². The molecular weight excluding hydrogens is 330 g/mol. The lowest BCUT2D eigenvalue weighted by atomic mass is 10.1. The van der Waals surface area contributed by atoms with E-state index in [1.54, 1.807) is 0 Å². The van der Waals surface area contributed by atoms with Crippen molar-refractivity contribution in [3.05, 3.63) is 29.8 Å². The maximum atomic E-state index is 12.4. The Kier molecular flexibility index (Phi) is 6.89. The molecule has 26 heavy (non-hydrogen) atoms. The van der Waals surface area contributed by atoms with Gasteiger partial charge in [0.05, 0.1) is 19.8 Å². The number of morpholine rings is 1. The van der Waals surface area contributed by atoms with E-state index in [0.29, 0.717) is 38.4 Å². The molecule has 142 valence electrons. The Morgan fingerprint density at radius 2 is 1.46 bits per heavy atom. The largest absolute Gasteiger partial charge is 0.378 e. The predicted octanol–water partition coefficient (Wildman–Crippen LogP) is 2.36. The third-order valence-electron chi connectivity index (χ3n) is 5.08. The number of rotatable bonds is 4. The predicted molar refractivity (Wildman–Crippen MR) is 101 cm³/mol. The summed E-state index contributed by atoms with van der Waals surface area (Å²) in [7, 11) is 0. The zero-order chi connectivity index (χ0) is 18.2. The van der Waals surface area contributed by atoms with Crippen molar-refractivity contribution >= 4 is 17.5 Å². The van der Waals surface area contributed by atoms with Gasteiger partial charge in [0.2, 0.25) is 5.91 Å². The van der Waals surface area contributed by atoms with Gasteiger partial charge < -0.3 is 19.9 Å². The van der Waals surface area contributed by atoms with Crippen molar-refractivity contribution in [1.29, 1.82) is 0 Å². The SMILES string of the molecule is O=C(CNc1ccc(C(=O)N2CCOCC2)cc1)N1CCCCCCC1. The van der Waals surface area contributed by atoms with Crippen LogP contribution in [-0.2, 0) is 9.53 Å². The number of anilines is 1. The minimum Gasteiger partial charge on any atom is -0.378 e. The van der Waals surface area contributed by atoms with Gasteiger partial charge >= 0.3 is 0 Å². The van der Waals surface area contributed by atoms with Gasteiger partial charge in [0, 0.05) is 37.4 Å². The first-order valence-electron chi connectivity index (χ1n) is 9.73. The van der Waals surface area contributed by atoms with Crippen LogP contribution in [0, 0.1) is 0 Å². The molecule has 0 saturated carbocycles. The molecule has 0 aliphatic carbocycles. The molecule has 2 fully saturated rings. The van der Waals surface area contributed by atoms with Gasteiger partial charge in [-0.3, -0.25) is 9.59 Å². The molecule has 0 aromatic heterocycles. The molecular formula is C20H29N3O3. The summed E-state index contributed by atoms with van der Waals surface area (Å²) in [5.74, 6) is 0.192. The number of benzene rings is 1. The number of carbonyl (C=O) groups excluding carboxylic acids is 2. The number of amides is 2. The second-order valence-corrected chi connectivity index (χ2v) is 6.98. The van der Waals surface area contributed by atoms with E-state index in [-0.39, 0.29) is 11.8 Å². The molecule has 6 heteroatoms. The fraction of sp³-hybridized carbons (Fsp3) is 0.600. The van der Waals surface area contributed by atoms with Crippen molar-refractivity contribution in [2.24, 2.45) is 0 Å². The van der Waals surface area contributed by atoms with E-state index in [1.165, 1.54) is 19.3 Å². The maximum Gasteiger partial charge on any atom is 0.254 e. The van der Waals surface area contributed by atoms with Crippen LogP contribution in [0.4, 0.5) is 5.69 Å². The zero-order valence-electron chi connectivity index (χ0n) is 15.4. The Morgan fingerprint density at radius 1 is 0.846 bits per heavy atom. The monoisotopic (exact) mass is 359 g/mol. The number of hydrogen-bond donors (Lipinski definition) is 1. The first-order valence-corrected chi connectivity index (χ1v) is 9.73. The number of nitrogens with zero attached hydrogens (tertiary/aromatic N) is 2. The lowest BCUT2D eigenvalue weighted by Gasteiger charge is -2.27. The Bertz CT molecular complexity index is 589. The fourth-order valence-corrected chi connectivity index (χ4v) is 3.47. The molecule has 1 aromatic rings. The summed E-state index contributed by atoms with van der Waals surface area (Å²) in [5, 5.41) is 3.19. The van der Waals surface area contributed by atoms with Crippen molar-refractivity contribution in [1.82, 2.24) is 9.80 Å². The minimum absolute atomic E-state index is 0.0385. The highest BCUT2D eigenvalue weighted by molar-refractivity contribution is 5.94. The molecule has 1 aromatic carbocycles. The molecule has 0 atom stereocenters. The van der Waals surface area contributed by atoms with E-state index < -0.39 is 0 Å². The topological polar surface area (TPSA) is 61.9 Å². The summed E-state index contributed by atoms with van der Waals surface area (Å²) in [6, 6.07) is 7.38. The van der Waals surface area contributed by atoms with Crippen LogP contribution >= 0.6 is 0 Å². The summed E-state index contributed by atoms with van der Waals surface area (Å²) < 4.78 is 5.28. The molecule has 0 unspecified atom stereocenters. The second-order valence-electron chi connectivity index (χ2n) is 6.98. The van der Waals surface area contributed by atoms with Crippen LogP contribution in [0.2, 0.25) is 0 Å². The zero-order valence-corrected chi connectivity index (χ0v) is 15.4. The van der Waals surface area contributed by atoms with Crippen LogP contribution in [0.5, 0.6) is 0 Å². The molecule has 0 spiro atoms. The Hall–Kier alpha value is -2.08. The van der Waals surface area contributed by atoms with E-state index in [0.717, 1.165) is 31.6 Å². The lowest BCUT2D eigenvalue weighted by molar-refractivity contribution is -0.129. The van der Waals surface area contributed by atoms with Crippen molar-refractivity contribution < 1.29 is 14.3 Å². The van der Waals surface area contributed by atoms with Crippen LogP contribution in [0.25, 0.3) is 0 Å². The van der Waals surface area contributed by atoms with E-state index in [9.17, 15) is 9.59 Å². The van der Waals surface area contributed by atoms with Gasteiger partial charge in [-0.25, -0.2) is 0 Å². The third-order valence-corrected chi connectivity index (χ3v) is 5.08. The van der Waals surface area contributed by atoms with Gasteiger partial charge in [0.25, 0.3) is 5.91 Å². The summed E-state index contributed by atoms with van der Waals surface area (Å²) >= 11 is 0. The summed E-state index contributed by atoms with van der Waals surface area (Å²) in [6.45, 7) is 4.53. The highest BCUT2D eigenvalue weighted by atomic mass is 16.5. The van der Waals surface area contributed by atoms with Gasteiger partial charge in [-0.1, -0.05) is 19.3 Å². The van der Waals surface area contributed by atoms with Gasteiger partial charge in [-0.15, -0.1) is 0 Å². The Balaban J connectivity index is 1.49. The van der Waals surface area contributed by atoms with Crippen molar-refractivity contribution in [3.63, 3.8) is 0 Å². The molecule has 2 aliphatic rings. The molecule has 0 radical (unpaired) electrons. The second kappa shape index (κ2) is 9.57. The molecule has 2 aliphatic heterocycles. The lowest BCUT2D eigenvalue weighted by Crippen LogP contribution is -2.40. The highest BCUT2D eigenvalue weighted by Crippen LogP contribution is 2.14. The van der Waals surface area contributed by atoms with E-state index >= 15 is 0 Å². The Morgan fingerprint density at radius 3 is 2.12 bits per heavy atom.